The molecule has 0 spiro atoms. The molecule has 27 heteroatoms. The number of imide groups is 1. The van der Waals surface area contributed by atoms with Crippen molar-refractivity contribution in [1.82, 2.24) is 69.9 Å². The molecule has 3 aliphatic heterocycles. The van der Waals surface area contributed by atoms with Crippen LogP contribution in [0.15, 0.2) is 189 Å². The number of hydrogen-bond donors (Lipinski definition) is 3. The maximum Gasteiger partial charge on any atom is 0.261 e. The van der Waals surface area contributed by atoms with Crippen LogP contribution in [0.2, 0.25) is 0 Å². The Morgan fingerprint density at radius 2 is 0.955 bits per heavy atom. The van der Waals surface area contributed by atoms with E-state index in [1.807, 2.05) is 107 Å². The van der Waals surface area contributed by atoms with E-state index in [1.165, 1.54) is 30.8 Å². The maximum absolute atomic E-state index is 13.2. The van der Waals surface area contributed by atoms with Crippen LogP contribution in [0, 0.1) is 0 Å². The van der Waals surface area contributed by atoms with Gasteiger partial charge in [0.2, 0.25) is 0 Å². The third kappa shape index (κ3) is 17.2. The van der Waals surface area contributed by atoms with Gasteiger partial charge < -0.3 is 57.9 Å². The van der Waals surface area contributed by atoms with Crippen LogP contribution in [0.4, 0.5) is 34.1 Å². The van der Waals surface area contributed by atoms with Crippen LogP contribution >= 0.6 is 0 Å². The van der Waals surface area contributed by atoms with E-state index in [-0.39, 0.29) is 37.8 Å². The van der Waals surface area contributed by atoms with Crippen molar-refractivity contribution in [2.45, 2.75) is 58.1 Å². The number of likely N-dealkylation sites (tertiary alicyclic amines) is 1. The summed E-state index contributed by atoms with van der Waals surface area (Å²) >= 11 is 0. The first-order valence-electron chi connectivity index (χ1n) is 36.8. The number of ether oxygens (including phenoxy) is 7. The quantitative estimate of drug-likeness (QED) is 0.0403. The predicted molar refractivity (Wildman–Crippen MR) is 422 cm³/mol. The molecule has 3 N–H and O–H groups in total. The predicted octanol–water partition coefficient (Wildman–Crippen LogP) is 14.3. The van der Waals surface area contributed by atoms with Gasteiger partial charge in [-0.2, -0.15) is 15.3 Å². The van der Waals surface area contributed by atoms with Gasteiger partial charge in [-0.25, -0.2) is 19.6 Å². The number of anilines is 6. The smallest absolute Gasteiger partial charge is 0.261 e. The molecule has 0 radical (unpaired) electrons. The van der Waals surface area contributed by atoms with Crippen molar-refractivity contribution >= 4 is 79.0 Å². The van der Waals surface area contributed by atoms with Crippen LogP contribution in [0.5, 0.6) is 34.5 Å². The average molecular weight is 1480 g/mol. The molecule has 16 rings (SSSR count). The first-order chi connectivity index (χ1) is 54.0. The van der Waals surface area contributed by atoms with E-state index in [1.54, 1.807) is 103 Å². The number of aliphatic hydroxyl groups is 1. The fraction of sp³-hybridized carbons (Fsp3) is 0.289. The normalized spacial score (nSPS) is 14.0. The fourth-order valence-electron chi connectivity index (χ4n) is 13.8. The standard InChI is InChI=1S/C34H32N6O5.C27H32N6O3.C22H23N5O2/c1-43-25-15-24(16-26(18-25)44-2)38(12-13-39-33(41)27-7-3-4-8-28(27)34(39)42)23-10-11-29-30(17-23)37-31(20-35-29)22-19-36-40(21-22)32-9-5-6-14-45-32;1-35-23-13-22(14-24(16-23)36-12-11-34)33(10-4-9-32-7-2-3-8-32)21-5-6-25-26(15-21)31-27(19-28-25)20-17-29-30-18-20;1-4-7-27(17-8-18(28-2)11-19(9-17)29-3)16-5-6-20-21(10-16)26-22(14-23-20)15-12-24-25-13-15/h3-4,7-8,10-11,15-21,32H,5-6,9,12-14H2,1-2H3;5-6,13-19,34H,2-4,7-12H2,1H3,(H,29,30);5-6,8-14H,4,7H2,1-3H3,(H,24,25). The Balaban J connectivity index is 0.000000141. The molecule has 564 valence electrons. The zero-order valence-corrected chi connectivity index (χ0v) is 62.3. The topological polar surface area (TPSA) is 288 Å². The molecule has 3 aliphatic rings. The largest absolute Gasteiger partial charge is 0.497 e. The van der Waals surface area contributed by atoms with Crippen molar-refractivity contribution in [3.63, 3.8) is 0 Å². The van der Waals surface area contributed by atoms with Gasteiger partial charge in [0.05, 0.1) is 141 Å². The van der Waals surface area contributed by atoms with E-state index >= 15 is 0 Å². The van der Waals surface area contributed by atoms with E-state index < -0.39 is 0 Å². The summed E-state index contributed by atoms with van der Waals surface area (Å²) in [5.74, 6) is 3.48. The molecule has 2 saturated heterocycles. The van der Waals surface area contributed by atoms with Gasteiger partial charge in [-0.1, -0.05) is 19.1 Å². The Hall–Kier alpha value is -12.6. The van der Waals surface area contributed by atoms with Crippen LogP contribution in [0.3, 0.4) is 0 Å². The number of benzene rings is 7. The molecule has 9 heterocycles. The lowest BCUT2D eigenvalue weighted by Gasteiger charge is -2.28. The molecule has 0 bridgehead atoms. The Bertz CT molecular complexity index is 5220. The number of carbonyl (C=O) groups excluding carboxylic acids is 2. The monoisotopic (exact) mass is 1480 g/mol. The molecule has 0 aliphatic carbocycles. The molecule has 27 nitrogen and oxygen atoms in total. The molecular weight excluding hydrogens is 1400 g/mol. The average Bonchev–Trinajstić information content (AvgIpc) is 1.64. The number of rotatable bonds is 27. The number of carbonyl (C=O) groups is 2. The van der Waals surface area contributed by atoms with E-state index in [4.69, 9.17) is 48.1 Å². The van der Waals surface area contributed by atoms with Crippen molar-refractivity contribution in [3.05, 3.63) is 200 Å². The van der Waals surface area contributed by atoms with Gasteiger partial charge in [0.1, 0.15) is 47.3 Å². The minimum absolute atomic E-state index is 0.0472. The second-order valence-electron chi connectivity index (χ2n) is 26.5. The third-order valence-corrected chi connectivity index (χ3v) is 19.4. The molecule has 0 saturated carbocycles. The van der Waals surface area contributed by atoms with Crippen molar-refractivity contribution < 1.29 is 47.9 Å². The van der Waals surface area contributed by atoms with E-state index in [0.717, 1.165) is 160 Å². The minimum atomic E-state index is -0.299. The summed E-state index contributed by atoms with van der Waals surface area (Å²) in [4.78, 5) is 65.1. The van der Waals surface area contributed by atoms with Crippen molar-refractivity contribution in [2.24, 2.45) is 0 Å². The number of hydrogen-bond acceptors (Lipinski definition) is 23. The first-order valence-corrected chi connectivity index (χ1v) is 36.8. The SMILES string of the molecule is CCCN(c1cc(OC)cc(OC)c1)c1ccc2ncc(-c3cn[nH]c3)nc2c1.COc1cc(OC)cc(N(CCN2C(=O)c3ccccc3C2=O)c2ccc3ncc(-c4cnn(C5CCCCO5)c4)nc3c2)c1.COc1cc(OCCO)cc(N(CCCN2CCCC2)c2ccc3ncc(-c4cn[nH]c4)nc3c2)c1. The summed E-state index contributed by atoms with van der Waals surface area (Å²) < 4.78 is 41.1. The third-order valence-electron chi connectivity index (χ3n) is 19.4. The lowest BCUT2D eigenvalue weighted by molar-refractivity contribution is -0.0394. The summed E-state index contributed by atoms with van der Waals surface area (Å²) in [7, 11) is 8.15. The summed E-state index contributed by atoms with van der Waals surface area (Å²) in [5.41, 5.74) is 16.1. The van der Waals surface area contributed by atoms with Crippen molar-refractivity contribution in [1.29, 1.82) is 0 Å². The Morgan fingerprint density at radius 1 is 0.491 bits per heavy atom. The number of fused-ring (bicyclic) bond motifs is 4. The summed E-state index contributed by atoms with van der Waals surface area (Å²) in [6.45, 7) is 8.64. The van der Waals surface area contributed by atoms with Gasteiger partial charge >= 0.3 is 0 Å². The summed E-state index contributed by atoms with van der Waals surface area (Å²) in [5, 5.41) is 27.4. The van der Waals surface area contributed by atoms with Gasteiger partial charge in [0.25, 0.3) is 11.8 Å². The Labute approximate surface area is 636 Å². The highest BCUT2D eigenvalue weighted by Crippen LogP contribution is 2.39. The number of aromatic nitrogens is 12. The second-order valence-corrected chi connectivity index (χ2v) is 26.5. The van der Waals surface area contributed by atoms with E-state index in [9.17, 15) is 14.7 Å². The molecule has 2 amide bonds. The number of nitrogens with one attached hydrogen (secondary N) is 2. The number of nitrogens with zero attached hydrogens (tertiary/aromatic N) is 15. The van der Waals surface area contributed by atoms with Crippen LogP contribution in [-0.4, -0.2) is 188 Å². The van der Waals surface area contributed by atoms with Gasteiger partial charge in [-0.3, -0.25) is 39.6 Å². The number of amides is 2. The maximum atomic E-state index is 13.2. The highest BCUT2D eigenvalue weighted by molar-refractivity contribution is 6.21. The summed E-state index contributed by atoms with van der Waals surface area (Å²) in [6.07, 6.45) is 23.8. The highest BCUT2D eigenvalue weighted by atomic mass is 16.5. The molecule has 1 atom stereocenters. The zero-order valence-electron chi connectivity index (χ0n) is 62.3. The van der Waals surface area contributed by atoms with Crippen LogP contribution < -0.4 is 43.1 Å². The van der Waals surface area contributed by atoms with Gasteiger partial charge in [-0.05, 0) is 131 Å². The van der Waals surface area contributed by atoms with E-state index in [0.29, 0.717) is 51.9 Å². The molecular formula is C83H87N17O10. The molecule has 1 unspecified atom stereocenters. The molecule has 7 aromatic carbocycles. The van der Waals surface area contributed by atoms with Crippen LogP contribution in [0.25, 0.3) is 66.9 Å². The first kappa shape index (κ1) is 74.3. The number of aromatic amines is 2. The molecule has 6 aromatic heterocycles. The number of H-pyrrole nitrogens is 2. The Morgan fingerprint density at radius 3 is 1.40 bits per heavy atom. The van der Waals surface area contributed by atoms with Crippen LogP contribution in [0.1, 0.15) is 78.8 Å². The minimum Gasteiger partial charge on any atom is -0.497 e. The van der Waals surface area contributed by atoms with Crippen molar-refractivity contribution in [2.75, 3.05) is 116 Å². The van der Waals surface area contributed by atoms with Gasteiger partial charge in [-0.15, -0.1) is 0 Å². The van der Waals surface area contributed by atoms with Gasteiger partial charge in [0, 0.05) is 157 Å². The molecule has 110 heavy (non-hydrogen) atoms. The molecule has 2 fully saturated rings. The number of aliphatic hydroxyl groups excluding tert-OH is 1. The van der Waals surface area contributed by atoms with Crippen LogP contribution in [-0.2, 0) is 4.74 Å². The van der Waals surface area contributed by atoms with E-state index in [2.05, 4.69) is 86.3 Å². The lowest BCUT2D eigenvalue weighted by Crippen LogP contribution is -2.36. The molecule has 13 aromatic rings. The zero-order chi connectivity index (χ0) is 75.9. The fourth-order valence-corrected chi connectivity index (χ4v) is 13.8. The lowest BCUT2D eigenvalue weighted by atomic mass is 10.1. The summed E-state index contributed by atoms with van der Waals surface area (Å²) in [6, 6.07) is 42.3. The Kier molecular flexibility index (Phi) is 23.6. The van der Waals surface area contributed by atoms with Crippen molar-refractivity contribution in [3.8, 4) is 68.3 Å². The number of methoxy groups -OCH3 is 5. The highest BCUT2D eigenvalue weighted by Gasteiger charge is 2.35. The second kappa shape index (κ2) is 35.0. The van der Waals surface area contributed by atoms with Gasteiger partial charge in [0.15, 0.2) is 0 Å².